The highest BCUT2D eigenvalue weighted by Crippen LogP contribution is 2.32. The number of dihydropyridines is 1. The Labute approximate surface area is 147 Å². The standard InChI is InChI=1S/C17H12ClFN4S/c18-11-8-9(3-4-12(11)19)15-10(2-1-7-21-15)13-5-6-14-16(22-13)24-17(20)23-14/h1-8,14,16H,(H2,20,23). The van der Waals surface area contributed by atoms with Gasteiger partial charge in [0.1, 0.15) is 17.2 Å². The molecular weight excluding hydrogens is 347 g/mol. The number of pyridine rings is 1. The first-order chi connectivity index (χ1) is 11.6. The van der Waals surface area contributed by atoms with Crippen LogP contribution in [0.3, 0.4) is 0 Å². The molecule has 0 amide bonds. The SMILES string of the molecule is NC1=NC2C=CC(c3cccnc3-c3ccc(F)c(Cl)c3)=NC2S1. The number of amidine groups is 1. The van der Waals surface area contributed by atoms with E-state index in [1.54, 1.807) is 18.3 Å². The molecule has 0 spiro atoms. The van der Waals surface area contributed by atoms with Gasteiger partial charge in [-0.05, 0) is 36.4 Å². The Morgan fingerprint density at radius 3 is 2.92 bits per heavy atom. The molecular formula is C17H12ClFN4S. The summed E-state index contributed by atoms with van der Waals surface area (Å²) in [5.41, 5.74) is 8.89. The normalized spacial score (nSPS) is 22.1. The van der Waals surface area contributed by atoms with Gasteiger partial charge in [-0.25, -0.2) is 4.39 Å². The van der Waals surface area contributed by atoms with Crippen LogP contribution in [0.4, 0.5) is 4.39 Å². The first kappa shape index (κ1) is 15.4. The van der Waals surface area contributed by atoms with E-state index < -0.39 is 5.82 Å². The van der Waals surface area contributed by atoms with Crippen LogP contribution in [0, 0.1) is 5.82 Å². The van der Waals surface area contributed by atoms with Crippen LogP contribution in [-0.2, 0) is 0 Å². The maximum absolute atomic E-state index is 13.4. The van der Waals surface area contributed by atoms with E-state index in [4.69, 9.17) is 22.3 Å². The third-order valence-corrected chi connectivity index (χ3v) is 5.07. The summed E-state index contributed by atoms with van der Waals surface area (Å²) in [4.78, 5) is 13.5. The molecule has 0 saturated heterocycles. The molecule has 4 rings (SSSR count). The van der Waals surface area contributed by atoms with Crippen molar-refractivity contribution in [2.24, 2.45) is 15.7 Å². The summed E-state index contributed by atoms with van der Waals surface area (Å²) < 4.78 is 13.4. The van der Waals surface area contributed by atoms with Gasteiger partial charge in [0.2, 0.25) is 0 Å². The zero-order valence-corrected chi connectivity index (χ0v) is 13.9. The predicted molar refractivity (Wildman–Crippen MR) is 97.1 cm³/mol. The second kappa shape index (κ2) is 6.03. The molecule has 2 aromatic rings. The number of hydrogen-bond donors (Lipinski definition) is 1. The number of aromatic nitrogens is 1. The molecule has 24 heavy (non-hydrogen) atoms. The number of fused-ring (bicyclic) bond motifs is 1. The lowest BCUT2D eigenvalue weighted by molar-refractivity contribution is 0.628. The molecule has 2 aliphatic rings. The quantitative estimate of drug-likeness (QED) is 0.891. The highest BCUT2D eigenvalue weighted by atomic mass is 35.5. The lowest BCUT2D eigenvalue weighted by Gasteiger charge is -2.17. The summed E-state index contributed by atoms with van der Waals surface area (Å²) in [6, 6.07) is 8.34. The molecule has 4 nitrogen and oxygen atoms in total. The molecule has 3 heterocycles. The maximum Gasteiger partial charge on any atom is 0.156 e. The van der Waals surface area contributed by atoms with Crippen molar-refractivity contribution < 1.29 is 4.39 Å². The van der Waals surface area contributed by atoms with Gasteiger partial charge in [-0.2, -0.15) is 0 Å². The minimum atomic E-state index is -0.453. The molecule has 0 radical (unpaired) electrons. The highest BCUT2D eigenvalue weighted by Gasteiger charge is 2.30. The topological polar surface area (TPSA) is 63.6 Å². The van der Waals surface area contributed by atoms with Crippen molar-refractivity contribution >= 4 is 34.2 Å². The largest absolute Gasteiger partial charge is 0.378 e. The summed E-state index contributed by atoms with van der Waals surface area (Å²) >= 11 is 7.36. The van der Waals surface area contributed by atoms with Crippen molar-refractivity contribution in [1.82, 2.24) is 4.98 Å². The van der Waals surface area contributed by atoms with E-state index in [9.17, 15) is 4.39 Å². The molecule has 1 aromatic heterocycles. The van der Waals surface area contributed by atoms with Gasteiger partial charge in [0, 0.05) is 17.3 Å². The first-order valence-electron chi connectivity index (χ1n) is 7.28. The van der Waals surface area contributed by atoms with Crippen molar-refractivity contribution in [2.75, 3.05) is 0 Å². The lowest BCUT2D eigenvalue weighted by atomic mass is 10.00. The lowest BCUT2D eigenvalue weighted by Crippen LogP contribution is -2.20. The molecule has 2 aliphatic heterocycles. The van der Waals surface area contributed by atoms with Crippen LogP contribution >= 0.6 is 23.4 Å². The van der Waals surface area contributed by atoms with E-state index in [1.807, 2.05) is 24.3 Å². The van der Waals surface area contributed by atoms with E-state index in [0.717, 1.165) is 16.8 Å². The molecule has 7 heteroatoms. The third kappa shape index (κ3) is 2.72. The minimum Gasteiger partial charge on any atom is -0.378 e. The number of allylic oxidation sites excluding steroid dienone is 1. The number of nitrogens with zero attached hydrogens (tertiary/aromatic N) is 3. The smallest absolute Gasteiger partial charge is 0.156 e. The number of aliphatic imine (C=N–C) groups is 2. The van der Waals surface area contributed by atoms with Crippen LogP contribution in [0.25, 0.3) is 11.3 Å². The van der Waals surface area contributed by atoms with Gasteiger partial charge in [0.05, 0.1) is 16.4 Å². The summed E-state index contributed by atoms with van der Waals surface area (Å²) in [7, 11) is 0. The number of thioether (sulfide) groups is 1. The fraction of sp³-hybridized carbons (Fsp3) is 0.118. The Balaban J connectivity index is 1.76. The minimum absolute atomic E-state index is 0.0147. The fourth-order valence-electron chi connectivity index (χ4n) is 2.69. The number of benzene rings is 1. The average Bonchev–Trinajstić information content (AvgIpc) is 2.96. The van der Waals surface area contributed by atoms with Gasteiger partial charge in [0.25, 0.3) is 0 Å². The molecule has 2 N–H and O–H groups in total. The van der Waals surface area contributed by atoms with E-state index >= 15 is 0 Å². The third-order valence-electron chi connectivity index (χ3n) is 3.80. The fourth-order valence-corrected chi connectivity index (χ4v) is 3.76. The number of nitrogens with two attached hydrogens (primary N) is 1. The van der Waals surface area contributed by atoms with Crippen molar-refractivity contribution in [3.8, 4) is 11.3 Å². The van der Waals surface area contributed by atoms with Gasteiger partial charge < -0.3 is 5.73 Å². The average molecular weight is 359 g/mol. The van der Waals surface area contributed by atoms with Crippen molar-refractivity contribution in [3.05, 3.63) is 65.1 Å². The Kier molecular flexibility index (Phi) is 3.86. The molecule has 0 bridgehead atoms. The molecule has 120 valence electrons. The monoisotopic (exact) mass is 358 g/mol. The van der Waals surface area contributed by atoms with E-state index in [2.05, 4.69) is 9.98 Å². The van der Waals surface area contributed by atoms with Crippen LogP contribution < -0.4 is 5.73 Å². The van der Waals surface area contributed by atoms with Crippen LogP contribution in [0.15, 0.2) is 58.7 Å². The predicted octanol–water partition coefficient (Wildman–Crippen LogP) is 3.66. The Bertz CT molecular complexity index is 909. The van der Waals surface area contributed by atoms with Crippen LogP contribution in [0.1, 0.15) is 5.56 Å². The molecule has 1 aromatic carbocycles. The van der Waals surface area contributed by atoms with Gasteiger partial charge >= 0.3 is 0 Å². The summed E-state index contributed by atoms with van der Waals surface area (Å²) in [6.45, 7) is 0. The number of rotatable bonds is 2. The summed E-state index contributed by atoms with van der Waals surface area (Å²) in [6.07, 6.45) is 5.61. The Morgan fingerprint density at radius 2 is 2.08 bits per heavy atom. The Morgan fingerprint density at radius 1 is 1.21 bits per heavy atom. The first-order valence-corrected chi connectivity index (χ1v) is 8.54. The molecule has 0 aliphatic carbocycles. The van der Waals surface area contributed by atoms with Crippen molar-refractivity contribution in [2.45, 2.75) is 11.4 Å². The number of hydrogen-bond acceptors (Lipinski definition) is 5. The summed E-state index contributed by atoms with van der Waals surface area (Å²) in [5, 5.41) is 0.573. The van der Waals surface area contributed by atoms with E-state index in [1.165, 1.54) is 17.8 Å². The second-order valence-corrected chi connectivity index (χ2v) is 6.91. The van der Waals surface area contributed by atoms with E-state index in [0.29, 0.717) is 10.9 Å². The second-order valence-electron chi connectivity index (χ2n) is 5.37. The Hall–Kier alpha value is -2.18. The molecule has 0 fully saturated rings. The van der Waals surface area contributed by atoms with Crippen molar-refractivity contribution in [3.63, 3.8) is 0 Å². The summed E-state index contributed by atoms with van der Waals surface area (Å²) in [5.74, 6) is -0.453. The van der Waals surface area contributed by atoms with Gasteiger partial charge in [-0.3, -0.25) is 15.0 Å². The number of halogens is 2. The van der Waals surface area contributed by atoms with Gasteiger partial charge in [-0.15, -0.1) is 0 Å². The molecule has 2 unspecified atom stereocenters. The maximum atomic E-state index is 13.4. The van der Waals surface area contributed by atoms with Crippen LogP contribution in [0.2, 0.25) is 5.02 Å². The van der Waals surface area contributed by atoms with Crippen LogP contribution in [-0.4, -0.2) is 27.3 Å². The van der Waals surface area contributed by atoms with Crippen LogP contribution in [0.5, 0.6) is 0 Å². The zero-order valence-electron chi connectivity index (χ0n) is 12.4. The highest BCUT2D eigenvalue weighted by molar-refractivity contribution is 8.14. The molecule has 0 saturated carbocycles. The molecule has 2 atom stereocenters. The van der Waals surface area contributed by atoms with Crippen molar-refractivity contribution in [1.29, 1.82) is 0 Å². The van der Waals surface area contributed by atoms with Gasteiger partial charge in [0.15, 0.2) is 5.17 Å². The van der Waals surface area contributed by atoms with E-state index in [-0.39, 0.29) is 16.4 Å². The van der Waals surface area contributed by atoms with Gasteiger partial charge in [-0.1, -0.05) is 29.4 Å². The zero-order chi connectivity index (χ0) is 16.7.